The number of nitrogens with two attached hydrogens (primary N) is 1. The Hall–Kier alpha value is -0.540. The predicted molar refractivity (Wildman–Crippen MR) is 60.7 cm³/mol. The highest BCUT2D eigenvalue weighted by Crippen LogP contribution is 2.41. The molecule has 1 atom stereocenters. The molecule has 0 radical (unpaired) electrons. The smallest absolute Gasteiger partial charge is 0.137 e. The Morgan fingerprint density at radius 3 is 3.07 bits per heavy atom. The molecular weight excluding hydrogens is 242 g/mol. The van der Waals surface area contributed by atoms with Crippen molar-refractivity contribution in [2.24, 2.45) is 5.73 Å². The molecule has 1 aliphatic heterocycles. The third-order valence-electron chi connectivity index (χ3n) is 2.97. The van der Waals surface area contributed by atoms with Gasteiger partial charge >= 0.3 is 0 Å². The van der Waals surface area contributed by atoms with Crippen LogP contribution in [0.1, 0.15) is 18.9 Å². The van der Waals surface area contributed by atoms with Crippen molar-refractivity contribution in [2.75, 3.05) is 13.2 Å². The molecule has 0 saturated heterocycles. The third kappa shape index (κ3) is 1.44. The SMILES string of the molecule is CC1(CN)CCOc2c(Br)cccc21. The number of para-hydroxylation sites is 1. The van der Waals surface area contributed by atoms with E-state index in [1.807, 2.05) is 12.1 Å². The van der Waals surface area contributed by atoms with Gasteiger partial charge < -0.3 is 10.5 Å². The summed E-state index contributed by atoms with van der Waals surface area (Å²) in [5.74, 6) is 0.965. The van der Waals surface area contributed by atoms with Gasteiger partial charge in [0, 0.05) is 17.5 Å². The highest BCUT2D eigenvalue weighted by molar-refractivity contribution is 9.10. The average Bonchev–Trinajstić information content (AvgIpc) is 2.20. The van der Waals surface area contributed by atoms with Gasteiger partial charge in [0.05, 0.1) is 11.1 Å². The van der Waals surface area contributed by atoms with Crippen LogP contribution in [0.2, 0.25) is 0 Å². The molecule has 0 fully saturated rings. The Balaban J connectivity index is 2.55. The van der Waals surface area contributed by atoms with E-state index in [-0.39, 0.29) is 5.41 Å². The highest BCUT2D eigenvalue weighted by atomic mass is 79.9. The lowest BCUT2D eigenvalue weighted by Gasteiger charge is -2.35. The molecule has 2 rings (SSSR count). The summed E-state index contributed by atoms with van der Waals surface area (Å²) in [5, 5.41) is 0. The third-order valence-corrected chi connectivity index (χ3v) is 3.59. The monoisotopic (exact) mass is 255 g/mol. The molecule has 0 spiro atoms. The zero-order valence-corrected chi connectivity index (χ0v) is 9.80. The lowest BCUT2D eigenvalue weighted by atomic mass is 9.78. The summed E-state index contributed by atoms with van der Waals surface area (Å²) < 4.78 is 6.67. The fourth-order valence-corrected chi connectivity index (χ4v) is 2.34. The number of hydrogen-bond donors (Lipinski definition) is 1. The minimum Gasteiger partial charge on any atom is -0.492 e. The van der Waals surface area contributed by atoms with E-state index in [9.17, 15) is 0 Å². The summed E-state index contributed by atoms with van der Waals surface area (Å²) >= 11 is 3.50. The van der Waals surface area contributed by atoms with Gasteiger partial charge in [-0.2, -0.15) is 0 Å². The van der Waals surface area contributed by atoms with Gasteiger partial charge in [-0.1, -0.05) is 19.1 Å². The predicted octanol–water partition coefficient (Wildman–Crippen LogP) is 2.45. The van der Waals surface area contributed by atoms with Gasteiger partial charge in [0.15, 0.2) is 0 Å². The number of hydrogen-bond acceptors (Lipinski definition) is 2. The quantitative estimate of drug-likeness (QED) is 0.837. The molecule has 1 aliphatic rings. The number of benzene rings is 1. The summed E-state index contributed by atoms with van der Waals surface area (Å²) in [4.78, 5) is 0. The normalized spacial score (nSPS) is 25.4. The molecule has 0 amide bonds. The van der Waals surface area contributed by atoms with Crippen molar-refractivity contribution in [3.63, 3.8) is 0 Å². The van der Waals surface area contributed by atoms with Crippen LogP contribution < -0.4 is 10.5 Å². The Morgan fingerprint density at radius 1 is 1.57 bits per heavy atom. The van der Waals surface area contributed by atoms with Crippen molar-refractivity contribution in [3.8, 4) is 5.75 Å². The van der Waals surface area contributed by atoms with Crippen LogP contribution >= 0.6 is 15.9 Å². The topological polar surface area (TPSA) is 35.2 Å². The van der Waals surface area contributed by atoms with E-state index in [0.29, 0.717) is 6.54 Å². The maximum Gasteiger partial charge on any atom is 0.137 e. The Labute approximate surface area is 92.6 Å². The minimum absolute atomic E-state index is 0.0668. The Kier molecular flexibility index (Phi) is 2.54. The van der Waals surface area contributed by atoms with Crippen molar-refractivity contribution in [1.29, 1.82) is 0 Å². The maximum absolute atomic E-state index is 5.83. The lowest BCUT2D eigenvalue weighted by Crippen LogP contribution is -2.37. The standard InChI is InChI=1S/C11H14BrNO/c1-11(7-13)5-6-14-10-8(11)3-2-4-9(10)12/h2-4H,5-7,13H2,1H3. The average molecular weight is 256 g/mol. The molecule has 1 aromatic rings. The molecule has 2 N–H and O–H groups in total. The number of halogens is 1. The fourth-order valence-electron chi connectivity index (χ4n) is 1.86. The van der Waals surface area contributed by atoms with Crippen LogP contribution in [0.3, 0.4) is 0 Å². The second-order valence-corrected chi connectivity index (χ2v) is 4.83. The zero-order valence-electron chi connectivity index (χ0n) is 8.22. The first kappa shape index (κ1) is 9.99. The Bertz CT molecular complexity index is 353. The summed E-state index contributed by atoms with van der Waals surface area (Å²) in [6.45, 7) is 3.62. The first-order chi connectivity index (χ1) is 6.67. The first-order valence-electron chi connectivity index (χ1n) is 4.79. The summed E-state index contributed by atoms with van der Waals surface area (Å²) in [5.41, 5.74) is 7.12. The molecule has 0 saturated carbocycles. The van der Waals surface area contributed by atoms with Crippen LogP contribution in [0.25, 0.3) is 0 Å². The number of fused-ring (bicyclic) bond motifs is 1. The van der Waals surface area contributed by atoms with Gasteiger partial charge in [0.1, 0.15) is 5.75 Å². The lowest BCUT2D eigenvalue weighted by molar-refractivity contribution is 0.226. The molecule has 2 nitrogen and oxygen atoms in total. The van der Waals surface area contributed by atoms with E-state index < -0.39 is 0 Å². The van der Waals surface area contributed by atoms with E-state index in [1.54, 1.807) is 0 Å². The molecule has 76 valence electrons. The molecule has 1 heterocycles. The largest absolute Gasteiger partial charge is 0.492 e. The van der Waals surface area contributed by atoms with Gasteiger partial charge in [-0.15, -0.1) is 0 Å². The molecular formula is C11H14BrNO. The number of ether oxygens (including phenoxy) is 1. The van der Waals surface area contributed by atoms with E-state index >= 15 is 0 Å². The molecule has 3 heteroatoms. The summed E-state index contributed by atoms with van der Waals surface area (Å²) in [6.07, 6.45) is 0.993. The van der Waals surface area contributed by atoms with Gasteiger partial charge in [-0.3, -0.25) is 0 Å². The van der Waals surface area contributed by atoms with Crippen molar-refractivity contribution >= 4 is 15.9 Å². The second kappa shape index (κ2) is 3.55. The second-order valence-electron chi connectivity index (χ2n) is 3.98. The molecule has 1 unspecified atom stereocenters. The van der Waals surface area contributed by atoms with E-state index in [1.165, 1.54) is 5.56 Å². The van der Waals surface area contributed by atoms with Crippen LogP contribution in [0.4, 0.5) is 0 Å². The van der Waals surface area contributed by atoms with E-state index in [4.69, 9.17) is 10.5 Å². The first-order valence-corrected chi connectivity index (χ1v) is 5.58. The van der Waals surface area contributed by atoms with Crippen LogP contribution in [0.5, 0.6) is 5.75 Å². The van der Waals surface area contributed by atoms with Gasteiger partial charge in [-0.05, 0) is 28.4 Å². The van der Waals surface area contributed by atoms with Crippen LogP contribution in [-0.4, -0.2) is 13.2 Å². The molecule has 0 aromatic heterocycles. The van der Waals surface area contributed by atoms with Crippen molar-refractivity contribution in [2.45, 2.75) is 18.8 Å². The molecule has 1 aromatic carbocycles. The fraction of sp³-hybridized carbons (Fsp3) is 0.455. The zero-order chi connectivity index (χ0) is 10.2. The van der Waals surface area contributed by atoms with E-state index in [0.717, 1.165) is 23.2 Å². The van der Waals surface area contributed by atoms with Gasteiger partial charge in [0.25, 0.3) is 0 Å². The number of rotatable bonds is 1. The highest BCUT2D eigenvalue weighted by Gasteiger charge is 2.32. The molecule has 0 aliphatic carbocycles. The maximum atomic E-state index is 5.83. The Morgan fingerprint density at radius 2 is 2.36 bits per heavy atom. The van der Waals surface area contributed by atoms with E-state index in [2.05, 4.69) is 28.9 Å². The van der Waals surface area contributed by atoms with Crippen LogP contribution in [0.15, 0.2) is 22.7 Å². The van der Waals surface area contributed by atoms with Crippen LogP contribution in [0, 0.1) is 0 Å². The van der Waals surface area contributed by atoms with Crippen LogP contribution in [-0.2, 0) is 5.41 Å². The molecule has 14 heavy (non-hydrogen) atoms. The van der Waals surface area contributed by atoms with Gasteiger partial charge in [0.2, 0.25) is 0 Å². The summed E-state index contributed by atoms with van der Waals surface area (Å²) in [7, 11) is 0. The van der Waals surface area contributed by atoms with Gasteiger partial charge in [-0.25, -0.2) is 0 Å². The van der Waals surface area contributed by atoms with Crippen molar-refractivity contribution in [1.82, 2.24) is 0 Å². The minimum atomic E-state index is 0.0668. The summed E-state index contributed by atoms with van der Waals surface area (Å²) in [6, 6.07) is 6.14. The van der Waals surface area contributed by atoms with Crippen molar-refractivity contribution in [3.05, 3.63) is 28.2 Å². The van der Waals surface area contributed by atoms with Crippen molar-refractivity contribution < 1.29 is 4.74 Å². The molecule has 0 bridgehead atoms.